The highest BCUT2D eigenvalue weighted by Crippen LogP contribution is 2.60. The first kappa shape index (κ1) is 35.7. The topological polar surface area (TPSA) is 86.8 Å². The molecule has 7 rings (SSSR count). The van der Waals surface area contributed by atoms with Crippen LogP contribution >= 0.6 is 23.2 Å². The van der Waals surface area contributed by atoms with Gasteiger partial charge in [0, 0.05) is 34.1 Å². The van der Waals surface area contributed by atoms with Crippen LogP contribution < -0.4 is 9.62 Å². The molecular weight excluding hydrogens is 677 g/mol. The van der Waals surface area contributed by atoms with Crippen LogP contribution in [0.2, 0.25) is 10.0 Å². The first-order valence-electron chi connectivity index (χ1n) is 17.3. The third-order valence-corrected chi connectivity index (χ3v) is 12.5. The van der Waals surface area contributed by atoms with E-state index in [-0.39, 0.29) is 24.3 Å². The standard InChI is InChI=1S/C39H47Cl2N3O4S/c1-38(2,3)42-37(46)35(20-26-9-6-5-7-10-26)43(24-32-33(40)11-8-12-34(32)41)36(45)25-44(49(4,47)48)31-15-13-30(14-16-31)39-21-27-17-28(22-39)19-29(18-27)23-39/h5-16,27-29,35H,17-25H2,1-4H3,(H,42,46). The summed E-state index contributed by atoms with van der Waals surface area (Å²) in [5.74, 6) is 1.45. The molecule has 4 aliphatic rings. The van der Waals surface area contributed by atoms with Crippen molar-refractivity contribution in [3.63, 3.8) is 0 Å². The van der Waals surface area contributed by atoms with E-state index in [1.54, 1.807) is 18.2 Å². The van der Waals surface area contributed by atoms with Crippen molar-refractivity contribution in [1.82, 2.24) is 10.2 Å². The number of anilines is 1. The van der Waals surface area contributed by atoms with E-state index in [0.29, 0.717) is 21.3 Å². The van der Waals surface area contributed by atoms with Crippen molar-refractivity contribution in [1.29, 1.82) is 0 Å². The Morgan fingerprint density at radius 1 is 0.857 bits per heavy atom. The summed E-state index contributed by atoms with van der Waals surface area (Å²) < 4.78 is 27.9. The van der Waals surface area contributed by atoms with Crippen LogP contribution in [0.4, 0.5) is 5.69 Å². The molecule has 1 N–H and O–H groups in total. The number of sulfonamides is 1. The summed E-state index contributed by atoms with van der Waals surface area (Å²) in [6, 6.07) is 21.4. The molecule has 2 amide bonds. The molecule has 7 nitrogen and oxygen atoms in total. The summed E-state index contributed by atoms with van der Waals surface area (Å²) >= 11 is 13.2. The molecule has 4 aliphatic carbocycles. The molecule has 49 heavy (non-hydrogen) atoms. The van der Waals surface area contributed by atoms with Gasteiger partial charge in [0.25, 0.3) is 0 Å². The van der Waals surface area contributed by atoms with E-state index in [4.69, 9.17) is 23.2 Å². The normalized spacial score (nSPS) is 23.6. The molecule has 3 aromatic rings. The smallest absolute Gasteiger partial charge is 0.244 e. The lowest BCUT2D eigenvalue weighted by Gasteiger charge is -2.57. The second kappa shape index (κ2) is 13.9. The van der Waals surface area contributed by atoms with Crippen LogP contribution in [-0.4, -0.2) is 49.5 Å². The molecule has 0 saturated heterocycles. The van der Waals surface area contributed by atoms with Gasteiger partial charge in [-0.1, -0.05) is 71.7 Å². The van der Waals surface area contributed by atoms with E-state index in [9.17, 15) is 18.0 Å². The van der Waals surface area contributed by atoms with Crippen LogP contribution in [0.25, 0.3) is 0 Å². The van der Waals surface area contributed by atoms with E-state index in [1.165, 1.54) is 49.0 Å². The van der Waals surface area contributed by atoms with E-state index in [0.717, 1.165) is 33.9 Å². The molecule has 3 aromatic carbocycles. The Morgan fingerprint density at radius 3 is 1.92 bits per heavy atom. The molecule has 262 valence electrons. The van der Waals surface area contributed by atoms with Crippen LogP contribution in [0.5, 0.6) is 0 Å². The molecule has 4 fully saturated rings. The van der Waals surface area contributed by atoms with Gasteiger partial charge in [0.2, 0.25) is 21.8 Å². The largest absolute Gasteiger partial charge is 0.350 e. The lowest BCUT2D eigenvalue weighted by atomic mass is 9.48. The van der Waals surface area contributed by atoms with Crippen molar-refractivity contribution in [3.05, 3.63) is 99.5 Å². The highest BCUT2D eigenvalue weighted by molar-refractivity contribution is 7.92. The number of rotatable bonds is 11. The molecule has 1 unspecified atom stereocenters. The summed E-state index contributed by atoms with van der Waals surface area (Å²) in [6.07, 6.45) is 8.94. The van der Waals surface area contributed by atoms with Crippen molar-refractivity contribution < 1.29 is 18.0 Å². The Kier molecular flexibility index (Phi) is 10.2. The molecule has 4 bridgehead atoms. The number of halogens is 2. The average molecular weight is 725 g/mol. The van der Waals surface area contributed by atoms with Gasteiger partial charge in [-0.05, 0) is 118 Å². The zero-order chi connectivity index (χ0) is 35.1. The first-order chi connectivity index (χ1) is 23.1. The minimum atomic E-state index is -3.89. The van der Waals surface area contributed by atoms with Gasteiger partial charge in [-0.2, -0.15) is 0 Å². The Balaban J connectivity index is 1.34. The third-order valence-electron chi connectivity index (χ3n) is 10.6. The number of hydrogen-bond acceptors (Lipinski definition) is 4. The van der Waals surface area contributed by atoms with Crippen LogP contribution in [0.3, 0.4) is 0 Å². The van der Waals surface area contributed by atoms with Crippen LogP contribution in [0.1, 0.15) is 76.0 Å². The first-order valence-corrected chi connectivity index (χ1v) is 19.9. The van der Waals surface area contributed by atoms with Gasteiger partial charge in [-0.25, -0.2) is 8.42 Å². The van der Waals surface area contributed by atoms with Crippen LogP contribution in [0, 0.1) is 17.8 Å². The summed E-state index contributed by atoms with van der Waals surface area (Å²) in [5, 5.41) is 3.73. The van der Waals surface area contributed by atoms with E-state index >= 15 is 0 Å². The molecule has 1 atom stereocenters. The maximum absolute atomic E-state index is 14.6. The van der Waals surface area contributed by atoms with Crippen LogP contribution in [0.15, 0.2) is 72.8 Å². The fourth-order valence-corrected chi connectivity index (χ4v) is 10.3. The van der Waals surface area contributed by atoms with Crippen molar-refractivity contribution in [2.24, 2.45) is 17.8 Å². The quantitative estimate of drug-likeness (QED) is 0.219. The number of hydrogen-bond donors (Lipinski definition) is 1. The summed E-state index contributed by atoms with van der Waals surface area (Å²) in [6.45, 7) is 5.04. The predicted molar refractivity (Wildman–Crippen MR) is 197 cm³/mol. The molecule has 0 aliphatic heterocycles. The van der Waals surface area contributed by atoms with Crippen molar-refractivity contribution in [3.8, 4) is 0 Å². The monoisotopic (exact) mass is 723 g/mol. The number of benzene rings is 3. The van der Waals surface area contributed by atoms with Crippen molar-refractivity contribution in [2.75, 3.05) is 17.1 Å². The van der Waals surface area contributed by atoms with Crippen molar-refractivity contribution >= 4 is 50.7 Å². The SMILES string of the molecule is CC(C)(C)NC(=O)C(Cc1ccccc1)N(Cc1c(Cl)cccc1Cl)C(=O)CN(c1ccc(C23CC4CC(CC(C4)C2)C3)cc1)S(C)(=O)=O. The number of nitrogens with zero attached hydrogens (tertiary/aromatic N) is 2. The Hall–Kier alpha value is -3.07. The molecule has 10 heteroatoms. The van der Waals surface area contributed by atoms with Gasteiger partial charge in [0.15, 0.2) is 0 Å². The second-order valence-electron chi connectivity index (χ2n) is 15.7. The summed E-state index contributed by atoms with van der Waals surface area (Å²) in [4.78, 5) is 30.0. The number of carbonyl (C=O) groups is 2. The van der Waals surface area contributed by atoms with E-state index in [1.807, 2.05) is 63.2 Å². The fourth-order valence-electron chi connectivity index (χ4n) is 8.92. The lowest BCUT2D eigenvalue weighted by molar-refractivity contribution is -0.140. The number of amides is 2. The fraction of sp³-hybridized carbons (Fsp3) is 0.487. The zero-order valence-electron chi connectivity index (χ0n) is 28.8. The highest BCUT2D eigenvalue weighted by atomic mass is 35.5. The molecule has 0 heterocycles. The highest BCUT2D eigenvalue weighted by Gasteiger charge is 2.51. The molecule has 0 aromatic heterocycles. The molecule has 4 saturated carbocycles. The van der Waals surface area contributed by atoms with Gasteiger partial charge < -0.3 is 10.2 Å². The van der Waals surface area contributed by atoms with Crippen molar-refractivity contribution in [2.45, 2.75) is 89.3 Å². The Morgan fingerprint density at radius 2 is 1.41 bits per heavy atom. The van der Waals surface area contributed by atoms with E-state index < -0.39 is 34.1 Å². The molecule has 0 spiro atoms. The Labute approximate surface area is 301 Å². The van der Waals surface area contributed by atoms with Gasteiger partial charge in [0.1, 0.15) is 12.6 Å². The maximum Gasteiger partial charge on any atom is 0.244 e. The second-order valence-corrected chi connectivity index (χ2v) is 18.4. The number of carbonyl (C=O) groups excluding carboxylic acids is 2. The summed E-state index contributed by atoms with van der Waals surface area (Å²) in [5.41, 5.74) is 2.59. The number of nitrogens with one attached hydrogen (secondary N) is 1. The van der Waals surface area contributed by atoms with Gasteiger partial charge in [0.05, 0.1) is 11.9 Å². The van der Waals surface area contributed by atoms with Gasteiger partial charge >= 0.3 is 0 Å². The van der Waals surface area contributed by atoms with Gasteiger partial charge in [-0.3, -0.25) is 13.9 Å². The molecule has 0 radical (unpaired) electrons. The average Bonchev–Trinajstić information content (AvgIpc) is 3.01. The maximum atomic E-state index is 14.6. The predicted octanol–water partition coefficient (Wildman–Crippen LogP) is 7.78. The van der Waals surface area contributed by atoms with Gasteiger partial charge in [-0.15, -0.1) is 0 Å². The summed E-state index contributed by atoms with van der Waals surface area (Å²) in [7, 11) is -3.89. The Bertz CT molecular complexity index is 1740. The minimum Gasteiger partial charge on any atom is -0.350 e. The zero-order valence-corrected chi connectivity index (χ0v) is 31.1. The lowest BCUT2D eigenvalue weighted by Crippen LogP contribution is -2.56. The minimum absolute atomic E-state index is 0.0883. The third kappa shape index (κ3) is 8.13. The molecular formula is C39H47Cl2N3O4S. The van der Waals surface area contributed by atoms with E-state index in [2.05, 4.69) is 17.4 Å². The van der Waals surface area contributed by atoms with Crippen LogP contribution in [-0.2, 0) is 38.0 Å².